The van der Waals surface area contributed by atoms with Crippen molar-refractivity contribution in [1.29, 1.82) is 0 Å². The van der Waals surface area contributed by atoms with Crippen LogP contribution in [0.3, 0.4) is 0 Å². The molecule has 2 aromatic carbocycles. The van der Waals surface area contributed by atoms with Crippen molar-refractivity contribution < 1.29 is 14.3 Å². The van der Waals surface area contributed by atoms with E-state index in [4.69, 9.17) is 14.5 Å². The van der Waals surface area contributed by atoms with E-state index in [-0.39, 0.29) is 42.5 Å². The number of hydrogen-bond acceptors (Lipinski definition) is 5. The van der Waals surface area contributed by atoms with Crippen molar-refractivity contribution in [3.63, 3.8) is 0 Å². The number of rotatable bonds is 8. The van der Waals surface area contributed by atoms with Gasteiger partial charge < -0.3 is 29.9 Å². The summed E-state index contributed by atoms with van der Waals surface area (Å²) in [5, 5.41) is 6.68. The van der Waals surface area contributed by atoms with Gasteiger partial charge in [0.2, 0.25) is 5.91 Å². The number of benzene rings is 2. The van der Waals surface area contributed by atoms with Gasteiger partial charge in [-0.05, 0) is 36.2 Å². The van der Waals surface area contributed by atoms with Gasteiger partial charge in [0.15, 0.2) is 5.96 Å². The van der Waals surface area contributed by atoms with Crippen molar-refractivity contribution in [3.05, 3.63) is 54.1 Å². The third kappa shape index (κ3) is 7.69. The SMILES string of the molecule is COc1ccc(CN=C(NCC(=O)N(C)C)NC2CCN(c3ccccc3OC)C2)cc1.I. The summed E-state index contributed by atoms with van der Waals surface area (Å²) in [5.74, 6) is 2.30. The fourth-order valence-electron chi connectivity index (χ4n) is 3.55. The Bertz CT molecular complexity index is 921. The van der Waals surface area contributed by atoms with Crippen LogP contribution in [0.15, 0.2) is 53.5 Å². The van der Waals surface area contributed by atoms with Gasteiger partial charge in [-0.3, -0.25) is 4.79 Å². The molecule has 0 radical (unpaired) electrons. The average molecular weight is 567 g/mol. The largest absolute Gasteiger partial charge is 0.497 e. The van der Waals surface area contributed by atoms with Crippen LogP contribution in [-0.2, 0) is 11.3 Å². The van der Waals surface area contributed by atoms with E-state index >= 15 is 0 Å². The number of para-hydroxylation sites is 2. The molecule has 1 aliphatic heterocycles. The molecular weight excluding hydrogens is 533 g/mol. The van der Waals surface area contributed by atoms with Crippen LogP contribution in [0.4, 0.5) is 5.69 Å². The molecule has 1 aliphatic rings. The highest BCUT2D eigenvalue weighted by atomic mass is 127. The van der Waals surface area contributed by atoms with Gasteiger partial charge in [0, 0.05) is 33.2 Å². The van der Waals surface area contributed by atoms with E-state index < -0.39 is 0 Å². The van der Waals surface area contributed by atoms with Gasteiger partial charge in [-0.15, -0.1) is 24.0 Å². The predicted octanol–water partition coefficient (Wildman–Crippen LogP) is 2.72. The Labute approximate surface area is 213 Å². The summed E-state index contributed by atoms with van der Waals surface area (Å²) in [7, 11) is 6.83. The van der Waals surface area contributed by atoms with Crippen molar-refractivity contribution in [3.8, 4) is 11.5 Å². The molecule has 0 aromatic heterocycles. The molecule has 33 heavy (non-hydrogen) atoms. The van der Waals surface area contributed by atoms with Crippen LogP contribution >= 0.6 is 24.0 Å². The molecule has 1 fully saturated rings. The van der Waals surface area contributed by atoms with E-state index in [1.54, 1.807) is 33.2 Å². The molecule has 1 atom stereocenters. The zero-order chi connectivity index (χ0) is 22.9. The first-order valence-electron chi connectivity index (χ1n) is 10.8. The number of carbonyl (C=O) groups is 1. The number of anilines is 1. The third-order valence-corrected chi connectivity index (χ3v) is 5.44. The van der Waals surface area contributed by atoms with Gasteiger partial charge in [-0.1, -0.05) is 24.3 Å². The molecule has 8 nitrogen and oxygen atoms in total. The molecule has 2 aromatic rings. The van der Waals surface area contributed by atoms with E-state index in [1.807, 2.05) is 42.5 Å². The molecule has 1 unspecified atom stereocenters. The Morgan fingerprint density at radius 2 is 1.85 bits per heavy atom. The Hall–Kier alpha value is -2.69. The van der Waals surface area contributed by atoms with Crippen LogP contribution in [0.25, 0.3) is 0 Å². The zero-order valence-electron chi connectivity index (χ0n) is 19.7. The predicted molar refractivity (Wildman–Crippen MR) is 143 cm³/mol. The monoisotopic (exact) mass is 567 g/mol. The lowest BCUT2D eigenvalue weighted by Crippen LogP contribution is -2.47. The van der Waals surface area contributed by atoms with E-state index in [2.05, 4.69) is 21.6 Å². The maximum atomic E-state index is 12.1. The fourth-order valence-corrected chi connectivity index (χ4v) is 3.55. The topological polar surface area (TPSA) is 78.4 Å². The van der Waals surface area contributed by atoms with Gasteiger partial charge in [0.25, 0.3) is 0 Å². The smallest absolute Gasteiger partial charge is 0.241 e. The maximum absolute atomic E-state index is 12.1. The fraction of sp³-hybridized carbons (Fsp3) is 0.417. The molecule has 2 N–H and O–H groups in total. The van der Waals surface area contributed by atoms with E-state index in [0.29, 0.717) is 12.5 Å². The number of nitrogens with zero attached hydrogens (tertiary/aromatic N) is 3. The number of methoxy groups -OCH3 is 2. The lowest BCUT2D eigenvalue weighted by atomic mass is 10.2. The van der Waals surface area contributed by atoms with Crippen LogP contribution < -0.4 is 25.0 Å². The zero-order valence-corrected chi connectivity index (χ0v) is 22.0. The van der Waals surface area contributed by atoms with Crippen molar-refractivity contribution >= 4 is 41.5 Å². The van der Waals surface area contributed by atoms with Crippen LogP contribution in [0.5, 0.6) is 11.5 Å². The Morgan fingerprint density at radius 1 is 1.12 bits per heavy atom. The lowest BCUT2D eigenvalue weighted by Gasteiger charge is -2.22. The molecule has 0 bridgehead atoms. The van der Waals surface area contributed by atoms with Gasteiger partial charge in [-0.2, -0.15) is 0 Å². The van der Waals surface area contributed by atoms with Crippen LogP contribution in [-0.4, -0.2) is 70.8 Å². The third-order valence-electron chi connectivity index (χ3n) is 5.44. The van der Waals surface area contributed by atoms with Gasteiger partial charge in [0.1, 0.15) is 11.5 Å². The molecular formula is C24H34IN5O3. The highest BCUT2D eigenvalue weighted by Gasteiger charge is 2.25. The van der Waals surface area contributed by atoms with Crippen LogP contribution in [0.1, 0.15) is 12.0 Å². The standard InChI is InChI=1S/C24H33N5O3.HI/c1-28(2)23(30)16-26-24(25-15-18-9-11-20(31-3)12-10-18)27-19-13-14-29(17-19)21-7-5-6-8-22(21)32-4;/h5-12,19H,13-17H2,1-4H3,(H2,25,26,27);1H. The number of likely N-dealkylation sites (N-methyl/N-ethyl adjacent to an activating group) is 1. The van der Waals surface area contributed by atoms with Crippen molar-refractivity contribution in [2.45, 2.75) is 19.0 Å². The number of halogens is 1. The number of guanidine groups is 1. The minimum atomic E-state index is -0.00832. The van der Waals surface area contributed by atoms with E-state index in [0.717, 1.165) is 42.3 Å². The summed E-state index contributed by atoms with van der Waals surface area (Å²) >= 11 is 0. The Balaban J connectivity index is 0.00000385. The molecule has 0 saturated carbocycles. The number of ether oxygens (including phenoxy) is 2. The molecule has 1 amide bonds. The minimum Gasteiger partial charge on any atom is -0.497 e. The number of hydrogen-bond donors (Lipinski definition) is 2. The summed E-state index contributed by atoms with van der Waals surface area (Å²) in [6, 6.07) is 16.1. The van der Waals surface area contributed by atoms with E-state index in [1.165, 1.54) is 0 Å². The van der Waals surface area contributed by atoms with Gasteiger partial charge in [-0.25, -0.2) is 4.99 Å². The molecule has 0 spiro atoms. The average Bonchev–Trinajstić information content (AvgIpc) is 3.29. The summed E-state index contributed by atoms with van der Waals surface area (Å²) in [4.78, 5) is 20.7. The second kappa shape index (κ2) is 13.1. The number of amides is 1. The lowest BCUT2D eigenvalue weighted by molar-refractivity contribution is -0.127. The highest BCUT2D eigenvalue weighted by Crippen LogP contribution is 2.30. The summed E-state index contributed by atoms with van der Waals surface area (Å²) in [6.07, 6.45) is 0.961. The van der Waals surface area contributed by atoms with Crippen molar-refractivity contribution in [2.75, 3.05) is 52.8 Å². The number of aliphatic imine (C=N–C) groups is 1. The van der Waals surface area contributed by atoms with Crippen molar-refractivity contribution in [1.82, 2.24) is 15.5 Å². The van der Waals surface area contributed by atoms with Gasteiger partial charge >= 0.3 is 0 Å². The molecule has 0 aliphatic carbocycles. The first-order chi connectivity index (χ1) is 15.5. The highest BCUT2D eigenvalue weighted by molar-refractivity contribution is 14.0. The molecule has 3 rings (SSSR count). The second-order valence-corrected chi connectivity index (χ2v) is 7.90. The summed E-state index contributed by atoms with van der Waals surface area (Å²) in [6.45, 7) is 2.43. The number of carbonyl (C=O) groups excluding carboxylic acids is 1. The first kappa shape index (κ1) is 26.6. The quantitative estimate of drug-likeness (QED) is 0.290. The molecule has 1 heterocycles. The van der Waals surface area contributed by atoms with Crippen LogP contribution in [0, 0.1) is 0 Å². The summed E-state index contributed by atoms with van der Waals surface area (Å²) in [5.41, 5.74) is 2.15. The van der Waals surface area contributed by atoms with E-state index in [9.17, 15) is 4.79 Å². The van der Waals surface area contributed by atoms with Gasteiger partial charge in [0.05, 0.1) is 33.0 Å². The first-order valence-corrected chi connectivity index (χ1v) is 10.8. The molecule has 1 saturated heterocycles. The maximum Gasteiger partial charge on any atom is 0.241 e. The Kier molecular flexibility index (Phi) is 10.6. The summed E-state index contributed by atoms with van der Waals surface area (Å²) < 4.78 is 10.7. The Morgan fingerprint density at radius 3 is 2.52 bits per heavy atom. The molecule has 180 valence electrons. The normalized spacial score (nSPS) is 15.5. The molecule has 9 heteroatoms. The minimum absolute atomic E-state index is 0. The second-order valence-electron chi connectivity index (χ2n) is 7.90. The van der Waals surface area contributed by atoms with Crippen LogP contribution in [0.2, 0.25) is 0 Å². The van der Waals surface area contributed by atoms with Crippen molar-refractivity contribution in [2.24, 2.45) is 4.99 Å². The number of nitrogens with one attached hydrogen (secondary N) is 2.